The van der Waals surface area contributed by atoms with Gasteiger partial charge in [-0.05, 0) is 43.8 Å². The number of rotatable bonds is 6. The van der Waals surface area contributed by atoms with Crippen LogP contribution in [-0.2, 0) is 6.42 Å². The molecule has 0 bridgehead atoms. The minimum Gasteiger partial charge on any atom is -0.336 e. The highest BCUT2D eigenvalue weighted by Crippen LogP contribution is 2.18. The highest BCUT2D eigenvalue weighted by molar-refractivity contribution is 5.89. The summed E-state index contributed by atoms with van der Waals surface area (Å²) < 4.78 is 0. The Kier molecular flexibility index (Phi) is 6.18. The van der Waals surface area contributed by atoms with E-state index in [2.05, 4.69) is 46.7 Å². The molecule has 122 valence electrons. The molecule has 2 rings (SSSR count). The summed E-state index contributed by atoms with van der Waals surface area (Å²) in [5, 5.41) is 5.79. The Balaban J connectivity index is 1.95. The third kappa shape index (κ3) is 5.11. The van der Waals surface area contributed by atoms with E-state index < -0.39 is 0 Å². The summed E-state index contributed by atoms with van der Waals surface area (Å²) >= 11 is 0. The van der Waals surface area contributed by atoms with Gasteiger partial charge in [0.1, 0.15) is 0 Å². The minimum atomic E-state index is -0.187. The van der Waals surface area contributed by atoms with Gasteiger partial charge in [0.2, 0.25) is 0 Å². The van der Waals surface area contributed by atoms with E-state index in [0.717, 1.165) is 12.1 Å². The van der Waals surface area contributed by atoms with E-state index in [1.54, 1.807) is 0 Å². The smallest absolute Gasteiger partial charge is 0.319 e. The first-order valence-electron chi connectivity index (χ1n) is 7.95. The Bertz CT molecular complexity index is 608. The fourth-order valence-corrected chi connectivity index (χ4v) is 2.46. The number of anilines is 1. The van der Waals surface area contributed by atoms with Gasteiger partial charge in [0, 0.05) is 12.2 Å². The van der Waals surface area contributed by atoms with Crippen molar-refractivity contribution in [1.82, 2.24) is 10.2 Å². The van der Waals surface area contributed by atoms with E-state index in [-0.39, 0.29) is 12.1 Å². The Morgan fingerprint density at radius 2 is 1.70 bits per heavy atom. The van der Waals surface area contributed by atoms with Crippen molar-refractivity contribution in [2.45, 2.75) is 19.4 Å². The maximum Gasteiger partial charge on any atom is 0.319 e. The summed E-state index contributed by atoms with van der Waals surface area (Å²) in [5.74, 6) is 0. The molecule has 0 radical (unpaired) electrons. The number of amides is 2. The Morgan fingerprint density at radius 3 is 2.26 bits per heavy atom. The average Bonchev–Trinajstić information content (AvgIpc) is 2.56. The molecule has 23 heavy (non-hydrogen) atoms. The van der Waals surface area contributed by atoms with Gasteiger partial charge in [0.05, 0.1) is 6.04 Å². The molecule has 0 saturated heterocycles. The first-order chi connectivity index (χ1) is 11.1. The fourth-order valence-electron chi connectivity index (χ4n) is 2.46. The number of hydrogen-bond acceptors (Lipinski definition) is 2. The van der Waals surface area contributed by atoms with Crippen LogP contribution < -0.4 is 10.6 Å². The van der Waals surface area contributed by atoms with Crippen LogP contribution in [0.4, 0.5) is 10.5 Å². The number of hydrogen-bond donors (Lipinski definition) is 2. The molecule has 0 aliphatic rings. The number of carbonyl (C=O) groups is 1. The maximum absolute atomic E-state index is 12.0. The molecule has 1 atom stereocenters. The predicted octanol–water partition coefficient (Wildman–Crippen LogP) is 3.67. The van der Waals surface area contributed by atoms with Crippen molar-refractivity contribution in [3.8, 4) is 0 Å². The molecule has 0 spiro atoms. The molecule has 2 aromatic rings. The van der Waals surface area contributed by atoms with Crippen molar-refractivity contribution >= 4 is 11.7 Å². The van der Waals surface area contributed by atoms with Gasteiger partial charge in [0.25, 0.3) is 0 Å². The van der Waals surface area contributed by atoms with Gasteiger partial charge in [-0.3, -0.25) is 0 Å². The van der Waals surface area contributed by atoms with Crippen LogP contribution in [0.25, 0.3) is 0 Å². The van der Waals surface area contributed by atoms with E-state index in [4.69, 9.17) is 0 Å². The molecule has 2 amide bonds. The summed E-state index contributed by atoms with van der Waals surface area (Å²) in [4.78, 5) is 14.1. The van der Waals surface area contributed by atoms with E-state index in [9.17, 15) is 4.79 Å². The quantitative estimate of drug-likeness (QED) is 0.855. The number of nitrogens with one attached hydrogen (secondary N) is 2. The van der Waals surface area contributed by atoms with Crippen LogP contribution in [-0.4, -0.2) is 31.6 Å². The summed E-state index contributed by atoms with van der Waals surface area (Å²) in [6.45, 7) is 2.70. The summed E-state index contributed by atoms with van der Waals surface area (Å²) in [7, 11) is 4.05. The minimum absolute atomic E-state index is 0.141. The molecule has 0 aliphatic heterocycles. The number of urea groups is 1. The Labute approximate surface area is 138 Å². The maximum atomic E-state index is 12.0. The number of benzene rings is 2. The Morgan fingerprint density at radius 1 is 1.04 bits per heavy atom. The number of nitrogens with zero attached hydrogens (tertiary/aromatic N) is 1. The largest absolute Gasteiger partial charge is 0.336 e. The number of likely N-dealkylation sites (N-methyl/N-ethyl adjacent to an activating group) is 1. The zero-order chi connectivity index (χ0) is 16.7. The molecule has 4 nitrogen and oxygen atoms in total. The first kappa shape index (κ1) is 17.0. The molecular formula is C19H25N3O. The van der Waals surface area contributed by atoms with Crippen molar-refractivity contribution in [2.24, 2.45) is 0 Å². The van der Waals surface area contributed by atoms with Crippen LogP contribution in [0.2, 0.25) is 0 Å². The van der Waals surface area contributed by atoms with E-state index in [1.807, 2.05) is 44.4 Å². The summed E-state index contributed by atoms with van der Waals surface area (Å²) in [6.07, 6.45) is 1.03. The normalized spacial score (nSPS) is 12.0. The average molecular weight is 311 g/mol. The van der Waals surface area contributed by atoms with Gasteiger partial charge in [0.15, 0.2) is 0 Å². The lowest BCUT2D eigenvalue weighted by molar-refractivity contribution is 0.243. The van der Waals surface area contributed by atoms with Crippen LogP contribution in [0.1, 0.15) is 24.1 Å². The zero-order valence-corrected chi connectivity index (χ0v) is 14.0. The van der Waals surface area contributed by atoms with E-state index >= 15 is 0 Å². The van der Waals surface area contributed by atoms with Crippen LogP contribution in [0, 0.1) is 0 Å². The predicted molar refractivity (Wildman–Crippen MR) is 95.7 cm³/mol. The van der Waals surface area contributed by atoms with E-state index in [0.29, 0.717) is 6.54 Å². The lowest BCUT2D eigenvalue weighted by atomic mass is 10.0. The van der Waals surface area contributed by atoms with Gasteiger partial charge in [-0.1, -0.05) is 49.4 Å². The topological polar surface area (TPSA) is 44.4 Å². The van der Waals surface area contributed by atoms with Gasteiger partial charge in [-0.15, -0.1) is 0 Å². The summed E-state index contributed by atoms with van der Waals surface area (Å²) in [6, 6.07) is 18.0. The molecule has 0 saturated carbocycles. The standard InChI is InChI=1S/C19H25N3O/c1-4-15-10-12-16(13-11-15)18(22(2)3)14-20-19(23)21-17-8-6-5-7-9-17/h5-13,18H,4,14H2,1-3H3,(H2,20,21,23)/t18-/m0/s1. The van der Waals surface area contributed by atoms with Crippen molar-refractivity contribution < 1.29 is 4.79 Å². The molecule has 4 heteroatoms. The highest BCUT2D eigenvalue weighted by atomic mass is 16.2. The van der Waals surface area contributed by atoms with Gasteiger partial charge >= 0.3 is 6.03 Å². The molecule has 0 heterocycles. The summed E-state index contributed by atoms with van der Waals surface area (Å²) in [5.41, 5.74) is 3.31. The van der Waals surface area contributed by atoms with Gasteiger partial charge in [-0.2, -0.15) is 0 Å². The number of para-hydroxylation sites is 1. The second-order valence-corrected chi connectivity index (χ2v) is 5.78. The molecule has 0 unspecified atom stereocenters. The number of carbonyl (C=O) groups excluding carboxylic acids is 1. The monoisotopic (exact) mass is 311 g/mol. The van der Waals surface area contributed by atoms with Crippen LogP contribution in [0.3, 0.4) is 0 Å². The lowest BCUT2D eigenvalue weighted by Crippen LogP contribution is -2.36. The zero-order valence-electron chi connectivity index (χ0n) is 14.0. The van der Waals surface area contributed by atoms with Crippen molar-refractivity contribution in [3.63, 3.8) is 0 Å². The lowest BCUT2D eigenvalue weighted by Gasteiger charge is -2.25. The van der Waals surface area contributed by atoms with Crippen molar-refractivity contribution in [2.75, 3.05) is 26.0 Å². The first-order valence-corrected chi connectivity index (χ1v) is 7.95. The highest BCUT2D eigenvalue weighted by Gasteiger charge is 2.15. The Hall–Kier alpha value is -2.33. The molecule has 0 fully saturated rings. The second kappa shape index (κ2) is 8.34. The molecule has 0 aliphatic carbocycles. The molecular weight excluding hydrogens is 286 g/mol. The van der Waals surface area contributed by atoms with Crippen LogP contribution in [0.15, 0.2) is 54.6 Å². The third-order valence-corrected chi connectivity index (χ3v) is 3.88. The second-order valence-electron chi connectivity index (χ2n) is 5.78. The van der Waals surface area contributed by atoms with Gasteiger partial charge < -0.3 is 15.5 Å². The molecule has 0 aromatic heterocycles. The SMILES string of the molecule is CCc1ccc([C@H](CNC(=O)Nc2ccccc2)N(C)C)cc1. The van der Waals surface area contributed by atoms with Gasteiger partial charge in [-0.25, -0.2) is 4.79 Å². The van der Waals surface area contributed by atoms with Crippen LogP contribution in [0.5, 0.6) is 0 Å². The van der Waals surface area contributed by atoms with Crippen LogP contribution >= 0.6 is 0 Å². The van der Waals surface area contributed by atoms with Crippen molar-refractivity contribution in [1.29, 1.82) is 0 Å². The number of aryl methyl sites for hydroxylation is 1. The third-order valence-electron chi connectivity index (χ3n) is 3.88. The molecule has 2 N–H and O–H groups in total. The van der Waals surface area contributed by atoms with E-state index in [1.165, 1.54) is 11.1 Å². The molecule has 2 aromatic carbocycles. The van der Waals surface area contributed by atoms with Crippen molar-refractivity contribution in [3.05, 3.63) is 65.7 Å². The fraction of sp³-hybridized carbons (Fsp3) is 0.316.